The van der Waals surface area contributed by atoms with Crippen LogP contribution in [0.1, 0.15) is 26.2 Å². The van der Waals surface area contributed by atoms with Gasteiger partial charge in [-0.2, -0.15) is 0 Å². The van der Waals surface area contributed by atoms with Crippen LogP contribution in [0.4, 0.5) is 5.82 Å². The number of ether oxygens (including phenoxy) is 1. The van der Waals surface area contributed by atoms with Crippen molar-refractivity contribution in [1.82, 2.24) is 4.98 Å². The predicted molar refractivity (Wildman–Crippen MR) is 72.0 cm³/mol. The Bertz CT molecular complexity index is 369. The summed E-state index contributed by atoms with van der Waals surface area (Å²) in [5.74, 6) is 2.38. The van der Waals surface area contributed by atoms with Gasteiger partial charge in [-0.05, 0) is 44.2 Å². The molecule has 2 rings (SSSR count). The summed E-state index contributed by atoms with van der Waals surface area (Å²) in [6.07, 6.45) is 5.06. The van der Waals surface area contributed by atoms with Crippen LogP contribution < -0.4 is 9.64 Å². The summed E-state index contributed by atoms with van der Waals surface area (Å²) in [7, 11) is 0. The largest absolute Gasteiger partial charge is 0.490 e. The molecule has 1 fully saturated rings. The van der Waals surface area contributed by atoms with Crippen molar-refractivity contribution in [3.05, 3.63) is 18.3 Å². The van der Waals surface area contributed by atoms with E-state index in [9.17, 15) is 0 Å². The van der Waals surface area contributed by atoms with Crippen molar-refractivity contribution in [2.24, 2.45) is 5.92 Å². The lowest BCUT2D eigenvalue weighted by molar-refractivity contribution is 0.243. The van der Waals surface area contributed by atoms with Crippen LogP contribution in [0.5, 0.6) is 5.75 Å². The van der Waals surface area contributed by atoms with Crippen LogP contribution in [0.3, 0.4) is 0 Å². The quantitative estimate of drug-likeness (QED) is 0.869. The molecule has 18 heavy (non-hydrogen) atoms. The van der Waals surface area contributed by atoms with E-state index in [1.807, 2.05) is 25.3 Å². The molecule has 4 heteroatoms. The number of aliphatic hydroxyl groups excluding tert-OH is 1. The van der Waals surface area contributed by atoms with E-state index in [0.29, 0.717) is 12.5 Å². The topological polar surface area (TPSA) is 45.6 Å². The molecule has 2 heterocycles. The zero-order chi connectivity index (χ0) is 12.8. The summed E-state index contributed by atoms with van der Waals surface area (Å²) in [6, 6.07) is 3.88. The van der Waals surface area contributed by atoms with Gasteiger partial charge in [0.1, 0.15) is 0 Å². The van der Waals surface area contributed by atoms with Gasteiger partial charge < -0.3 is 14.7 Å². The van der Waals surface area contributed by atoms with Crippen LogP contribution in [0.25, 0.3) is 0 Å². The van der Waals surface area contributed by atoms with Gasteiger partial charge in [0, 0.05) is 25.9 Å². The maximum atomic E-state index is 9.06. The smallest absolute Gasteiger partial charge is 0.171 e. The first-order chi connectivity index (χ1) is 8.85. The Morgan fingerprint density at radius 2 is 2.44 bits per heavy atom. The van der Waals surface area contributed by atoms with E-state index in [1.165, 1.54) is 6.42 Å². The molecular weight excluding hydrogens is 228 g/mol. The number of hydrogen-bond donors (Lipinski definition) is 1. The number of rotatable bonds is 5. The summed E-state index contributed by atoms with van der Waals surface area (Å²) >= 11 is 0. The van der Waals surface area contributed by atoms with Gasteiger partial charge in [-0.3, -0.25) is 0 Å². The Morgan fingerprint density at radius 1 is 1.56 bits per heavy atom. The maximum Gasteiger partial charge on any atom is 0.171 e. The summed E-state index contributed by atoms with van der Waals surface area (Å²) < 4.78 is 5.63. The average molecular weight is 250 g/mol. The van der Waals surface area contributed by atoms with Crippen molar-refractivity contribution in [3.63, 3.8) is 0 Å². The van der Waals surface area contributed by atoms with Gasteiger partial charge in [0.05, 0.1) is 6.61 Å². The van der Waals surface area contributed by atoms with Crippen LogP contribution in [0, 0.1) is 5.92 Å². The van der Waals surface area contributed by atoms with E-state index in [1.54, 1.807) is 0 Å². The van der Waals surface area contributed by atoms with Crippen molar-refractivity contribution in [1.29, 1.82) is 0 Å². The zero-order valence-corrected chi connectivity index (χ0v) is 11.0. The average Bonchev–Trinajstić information content (AvgIpc) is 2.40. The third-order valence-corrected chi connectivity index (χ3v) is 3.41. The molecule has 0 amide bonds. The molecule has 1 saturated heterocycles. The van der Waals surface area contributed by atoms with E-state index in [4.69, 9.17) is 9.84 Å². The van der Waals surface area contributed by atoms with E-state index in [2.05, 4.69) is 9.88 Å². The SMILES string of the molecule is CCOc1cccnc1N1CCCC(CCO)C1. The normalized spacial score (nSPS) is 19.9. The van der Waals surface area contributed by atoms with Gasteiger partial charge in [0.25, 0.3) is 0 Å². The summed E-state index contributed by atoms with van der Waals surface area (Å²) in [5, 5.41) is 9.06. The Kier molecular flexibility index (Phi) is 4.81. The highest BCUT2D eigenvalue weighted by molar-refractivity contribution is 5.52. The van der Waals surface area contributed by atoms with Crippen molar-refractivity contribution in [2.75, 3.05) is 31.2 Å². The van der Waals surface area contributed by atoms with Gasteiger partial charge in [0.2, 0.25) is 0 Å². The van der Waals surface area contributed by atoms with Crippen molar-refractivity contribution in [3.8, 4) is 5.75 Å². The number of pyridine rings is 1. The Labute approximate surface area is 109 Å². The molecule has 1 aromatic rings. The third-order valence-electron chi connectivity index (χ3n) is 3.41. The van der Waals surface area contributed by atoms with Gasteiger partial charge in [0.15, 0.2) is 11.6 Å². The fourth-order valence-electron chi connectivity index (χ4n) is 2.56. The number of aliphatic hydroxyl groups is 1. The van der Waals surface area contributed by atoms with Gasteiger partial charge in [-0.15, -0.1) is 0 Å². The second-order valence-electron chi connectivity index (χ2n) is 4.72. The molecule has 0 bridgehead atoms. The number of piperidine rings is 1. The van der Waals surface area contributed by atoms with Gasteiger partial charge in [-0.1, -0.05) is 0 Å². The molecule has 1 aromatic heterocycles. The molecule has 1 atom stereocenters. The van der Waals surface area contributed by atoms with E-state index < -0.39 is 0 Å². The van der Waals surface area contributed by atoms with E-state index in [-0.39, 0.29) is 6.61 Å². The molecule has 1 aliphatic rings. The second kappa shape index (κ2) is 6.59. The molecule has 1 N–H and O–H groups in total. The predicted octanol–water partition coefficient (Wildman–Crippen LogP) is 2.08. The first-order valence-electron chi connectivity index (χ1n) is 6.78. The molecule has 1 unspecified atom stereocenters. The first kappa shape index (κ1) is 13.1. The highest BCUT2D eigenvalue weighted by Crippen LogP contribution is 2.30. The molecule has 0 radical (unpaired) electrons. The number of anilines is 1. The van der Waals surface area contributed by atoms with Gasteiger partial charge in [-0.25, -0.2) is 4.98 Å². The van der Waals surface area contributed by atoms with Crippen LogP contribution in [0.15, 0.2) is 18.3 Å². The van der Waals surface area contributed by atoms with Crippen molar-refractivity contribution >= 4 is 5.82 Å². The summed E-state index contributed by atoms with van der Waals surface area (Å²) in [5.41, 5.74) is 0. The van der Waals surface area contributed by atoms with Crippen LogP contribution in [-0.2, 0) is 0 Å². The van der Waals surface area contributed by atoms with Crippen molar-refractivity contribution in [2.45, 2.75) is 26.2 Å². The maximum absolute atomic E-state index is 9.06. The molecule has 100 valence electrons. The second-order valence-corrected chi connectivity index (χ2v) is 4.72. The standard InChI is InChI=1S/C14H22N2O2/c1-2-18-13-6-3-8-15-14(13)16-9-4-5-12(11-16)7-10-17/h3,6,8,12,17H,2,4-5,7,9-11H2,1H3. The molecule has 0 aromatic carbocycles. The molecule has 0 saturated carbocycles. The molecular formula is C14H22N2O2. The minimum absolute atomic E-state index is 0.277. The number of aromatic nitrogens is 1. The zero-order valence-electron chi connectivity index (χ0n) is 11.0. The third kappa shape index (κ3) is 3.13. The lowest BCUT2D eigenvalue weighted by atomic mass is 9.95. The van der Waals surface area contributed by atoms with Crippen LogP contribution in [0.2, 0.25) is 0 Å². The fraction of sp³-hybridized carbons (Fsp3) is 0.643. The van der Waals surface area contributed by atoms with Crippen molar-refractivity contribution < 1.29 is 9.84 Å². The Hall–Kier alpha value is -1.29. The van der Waals surface area contributed by atoms with E-state index in [0.717, 1.165) is 37.5 Å². The minimum atomic E-state index is 0.277. The monoisotopic (exact) mass is 250 g/mol. The summed E-state index contributed by atoms with van der Waals surface area (Å²) in [6.45, 7) is 4.92. The lowest BCUT2D eigenvalue weighted by Crippen LogP contribution is -2.36. The van der Waals surface area contributed by atoms with Gasteiger partial charge >= 0.3 is 0 Å². The highest BCUT2D eigenvalue weighted by Gasteiger charge is 2.22. The molecule has 1 aliphatic heterocycles. The molecule has 0 aliphatic carbocycles. The molecule has 4 nitrogen and oxygen atoms in total. The minimum Gasteiger partial charge on any atom is -0.490 e. The fourth-order valence-corrected chi connectivity index (χ4v) is 2.56. The van der Waals surface area contributed by atoms with Crippen LogP contribution in [-0.4, -0.2) is 36.4 Å². The Morgan fingerprint density at radius 3 is 3.22 bits per heavy atom. The number of hydrogen-bond acceptors (Lipinski definition) is 4. The lowest BCUT2D eigenvalue weighted by Gasteiger charge is -2.34. The highest BCUT2D eigenvalue weighted by atomic mass is 16.5. The molecule has 0 spiro atoms. The summed E-state index contributed by atoms with van der Waals surface area (Å²) in [4.78, 5) is 6.74. The number of nitrogens with zero attached hydrogens (tertiary/aromatic N) is 2. The van der Waals surface area contributed by atoms with E-state index >= 15 is 0 Å². The Balaban J connectivity index is 2.10. The van der Waals surface area contributed by atoms with Crippen LogP contribution >= 0.6 is 0 Å². The first-order valence-corrected chi connectivity index (χ1v) is 6.78.